The SMILES string of the molecule is C=CCCCN(C(=O)c1ccc(OC)c(OC)c1)c1ccccc1. The van der Waals surface area contributed by atoms with Gasteiger partial charge in [-0.25, -0.2) is 0 Å². The van der Waals surface area contributed by atoms with Gasteiger partial charge >= 0.3 is 0 Å². The molecule has 0 aromatic heterocycles. The zero-order chi connectivity index (χ0) is 17.4. The van der Waals surface area contributed by atoms with Crippen molar-refractivity contribution in [2.45, 2.75) is 12.8 Å². The summed E-state index contributed by atoms with van der Waals surface area (Å²) >= 11 is 0. The van der Waals surface area contributed by atoms with Gasteiger partial charge in [-0.1, -0.05) is 24.3 Å². The highest BCUT2D eigenvalue weighted by Crippen LogP contribution is 2.29. The van der Waals surface area contributed by atoms with Gasteiger partial charge in [0, 0.05) is 17.8 Å². The summed E-state index contributed by atoms with van der Waals surface area (Å²) in [7, 11) is 3.13. The molecule has 0 fully saturated rings. The topological polar surface area (TPSA) is 38.8 Å². The summed E-state index contributed by atoms with van der Waals surface area (Å²) in [4.78, 5) is 14.8. The van der Waals surface area contributed by atoms with Gasteiger partial charge < -0.3 is 14.4 Å². The molecule has 126 valence electrons. The van der Waals surface area contributed by atoms with E-state index in [0.717, 1.165) is 18.5 Å². The minimum Gasteiger partial charge on any atom is -0.493 e. The number of hydrogen-bond donors (Lipinski definition) is 0. The molecule has 0 atom stereocenters. The molecule has 0 N–H and O–H groups in total. The second-order valence-electron chi connectivity index (χ2n) is 5.29. The summed E-state index contributed by atoms with van der Waals surface area (Å²) in [5, 5.41) is 0. The highest BCUT2D eigenvalue weighted by molar-refractivity contribution is 6.06. The van der Waals surface area contributed by atoms with E-state index in [2.05, 4.69) is 6.58 Å². The Morgan fingerprint density at radius 1 is 1.08 bits per heavy atom. The molecular formula is C20H23NO3. The van der Waals surface area contributed by atoms with Gasteiger partial charge in [-0.15, -0.1) is 6.58 Å². The largest absolute Gasteiger partial charge is 0.493 e. The van der Waals surface area contributed by atoms with Crippen LogP contribution in [0.1, 0.15) is 23.2 Å². The molecule has 0 heterocycles. The molecule has 1 amide bonds. The molecule has 0 bridgehead atoms. The smallest absolute Gasteiger partial charge is 0.258 e. The summed E-state index contributed by atoms with van der Waals surface area (Å²) < 4.78 is 10.5. The Hall–Kier alpha value is -2.75. The Morgan fingerprint density at radius 3 is 2.42 bits per heavy atom. The fourth-order valence-corrected chi connectivity index (χ4v) is 2.47. The molecule has 0 aliphatic rings. The van der Waals surface area contributed by atoms with Crippen LogP contribution in [0, 0.1) is 0 Å². The van der Waals surface area contributed by atoms with Gasteiger partial charge in [-0.3, -0.25) is 4.79 Å². The number of hydrogen-bond acceptors (Lipinski definition) is 3. The van der Waals surface area contributed by atoms with E-state index in [9.17, 15) is 4.79 Å². The first-order valence-electron chi connectivity index (χ1n) is 7.91. The van der Waals surface area contributed by atoms with Crippen LogP contribution in [0.15, 0.2) is 61.2 Å². The number of methoxy groups -OCH3 is 2. The Labute approximate surface area is 143 Å². The number of amides is 1. The lowest BCUT2D eigenvalue weighted by Gasteiger charge is -2.23. The molecule has 24 heavy (non-hydrogen) atoms. The third-order valence-electron chi connectivity index (χ3n) is 3.73. The quantitative estimate of drug-likeness (QED) is 0.536. The lowest BCUT2D eigenvalue weighted by atomic mass is 10.1. The standard InChI is InChI=1S/C20H23NO3/c1-4-5-9-14-21(17-10-7-6-8-11-17)20(22)16-12-13-18(23-2)19(15-16)24-3/h4,6-8,10-13,15H,1,5,9,14H2,2-3H3. The number of anilines is 1. The van der Waals surface area contributed by atoms with Gasteiger partial charge in [-0.2, -0.15) is 0 Å². The van der Waals surface area contributed by atoms with Crippen LogP contribution in [-0.4, -0.2) is 26.7 Å². The monoisotopic (exact) mass is 325 g/mol. The Balaban J connectivity index is 2.31. The third kappa shape index (κ3) is 4.16. The molecule has 0 saturated heterocycles. The highest BCUT2D eigenvalue weighted by Gasteiger charge is 2.19. The van der Waals surface area contributed by atoms with Crippen LogP contribution in [0.3, 0.4) is 0 Å². The van der Waals surface area contributed by atoms with E-state index in [4.69, 9.17) is 9.47 Å². The average molecular weight is 325 g/mol. The molecule has 0 aliphatic carbocycles. The second-order valence-corrected chi connectivity index (χ2v) is 5.29. The maximum absolute atomic E-state index is 13.0. The van der Waals surface area contributed by atoms with Crippen LogP contribution in [-0.2, 0) is 0 Å². The van der Waals surface area contributed by atoms with Gasteiger partial charge in [0.05, 0.1) is 14.2 Å². The van der Waals surface area contributed by atoms with E-state index < -0.39 is 0 Å². The molecule has 4 heteroatoms. The second kappa shape index (κ2) is 8.77. The molecule has 4 nitrogen and oxygen atoms in total. The lowest BCUT2D eigenvalue weighted by molar-refractivity contribution is 0.0986. The molecule has 2 rings (SSSR count). The molecule has 0 unspecified atom stereocenters. The number of carbonyl (C=O) groups excluding carboxylic acids is 1. The van der Waals surface area contributed by atoms with Crippen molar-refractivity contribution in [1.29, 1.82) is 0 Å². The minimum absolute atomic E-state index is 0.0637. The summed E-state index contributed by atoms with van der Waals surface area (Å²) in [5.41, 5.74) is 1.44. The Kier molecular flexibility index (Phi) is 6.43. The van der Waals surface area contributed by atoms with E-state index in [0.29, 0.717) is 23.6 Å². The molecule has 2 aromatic carbocycles. The van der Waals surface area contributed by atoms with Gasteiger partial charge in [0.1, 0.15) is 0 Å². The van der Waals surface area contributed by atoms with Crippen molar-refractivity contribution < 1.29 is 14.3 Å². The van der Waals surface area contributed by atoms with Crippen LogP contribution in [0.4, 0.5) is 5.69 Å². The van der Waals surface area contributed by atoms with Gasteiger partial charge in [0.15, 0.2) is 11.5 Å². The maximum Gasteiger partial charge on any atom is 0.258 e. The number of nitrogens with zero attached hydrogens (tertiary/aromatic N) is 1. The molecular weight excluding hydrogens is 302 g/mol. The molecule has 0 radical (unpaired) electrons. The number of ether oxygens (including phenoxy) is 2. The number of rotatable bonds is 8. The summed E-state index contributed by atoms with van der Waals surface area (Å²) in [6, 6.07) is 14.9. The van der Waals surface area contributed by atoms with Crippen LogP contribution >= 0.6 is 0 Å². The van der Waals surface area contributed by atoms with Crippen LogP contribution in [0.5, 0.6) is 11.5 Å². The van der Waals surface area contributed by atoms with E-state index in [-0.39, 0.29) is 5.91 Å². The van der Waals surface area contributed by atoms with Crippen LogP contribution in [0.25, 0.3) is 0 Å². The van der Waals surface area contributed by atoms with Crippen molar-refractivity contribution in [2.75, 3.05) is 25.7 Å². The summed E-state index contributed by atoms with van der Waals surface area (Å²) in [5.74, 6) is 1.08. The van der Waals surface area contributed by atoms with E-state index in [1.165, 1.54) is 0 Å². The maximum atomic E-state index is 13.0. The number of allylic oxidation sites excluding steroid dienone is 1. The van der Waals surface area contributed by atoms with Crippen LogP contribution < -0.4 is 14.4 Å². The fraction of sp³-hybridized carbons (Fsp3) is 0.250. The first-order chi connectivity index (χ1) is 11.7. The van der Waals surface area contributed by atoms with Crippen molar-refractivity contribution in [3.63, 3.8) is 0 Å². The summed E-state index contributed by atoms with van der Waals surface area (Å²) in [6.45, 7) is 4.37. The Morgan fingerprint density at radius 2 is 1.79 bits per heavy atom. The molecule has 2 aromatic rings. The van der Waals surface area contributed by atoms with E-state index >= 15 is 0 Å². The van der Waals surface area contributed by atoms with Crippen molar-refractivity contribution in [2.24, 2.45) is 0 Å². The molecule has 0 spiro atoms. The van der Waals surface area contributed by atoms with Crippen LogP contribution in [0.2, 0.25) is 0 Å². The predicted octanol–water partition coefficient (Wildman–Crippen LogP) is 4.32. The highest BCUT2D eigenvalue weighted by atomic mass is 16.5. The number of carbonyl (C=O) groups is 1. The minimum atomic E-state index is -0.0637. The van der Waals surface area contributed by atoms with Crippen molar-refractivity contribution in [1.82, 2.24) is 0 Å². The van der Waals surface area contributed by atoms with Crippen molar-refractivity contribution >= 4 is 11.6 Å². The molecule has 0 aliphatic heterocycles. The van der Waals surface area contributed by atoms with E-state index in [1.54, 1.807) is 37.3 Å². The number of benzene rings is 2. The summed E-state index contributed by atoms with van der Waals surface area (Å²) in [6.07, 6.45) is 3.59. The van der Waals surface area contributed by atoms with Crippen molar-refractivity contribution in [3.8, 4) is 11.5 Å². The number of para-hydroxylation sites is 1. The first kappa shape index (κ1) is 17.6. The van der Waals surface area contributed by atoms with Crippen molar-refractivity contribution in [3.05, 3.63) is 66.7 Å². The van der Waals surface area contributed by atoms with Gasteiger partial charge in [0.25, 0.3) is 5.91 Å². The van der Waals surface area contributed by atoms with E-state index in [1.807, 2.05) is 36.4 Å². The third-order valence-corrected chi connectivity index (χ3v) is 3.73. The predicted molar refractivity (Wildman–Crippen MR) is 97.1 cm³/mol. The van der Waals surface area contributed by atoms with Gasteiger partial charge in [0.2, 0.25) is 0 Å². The zero-order valence-corrected chi connectivity index (χ0v) is 14.2. The average Bonchev–Trinajstić information content (AvgIpc) is 2.65. The zero-order valence-electron chi connectivity index (χ0n) is 14.2. The Bertz CT molecular complexity index is 683. The normalized spacial score (nSPS) is 10.1. The van der Waals surface area contributed by atoms with Gasteiger partial charge in [-0.05, 0) is 43.2 Å². The first-order valence-corrected chi connectivity index (χ1v) is 7.91. The lowest BCUT2D eigenvalue weighted by Crippen LogP contribution is -2.31. The molecule has 0 saturated carbocycles. The fourth-order valence-electron chi connectivity index (χ4n) is 2.47. The number of unbranched alkanes of at least 4 members (excludes halogenated alkanes) is 1.